The van der Waals surface area contributed by atoms with E-state index in [2.05, 4.69) is 28.2 Å². The van der Waals surface area contributed by atoms with Gasteiger partial charge in [-0.25, -0.2) is 8.42 Å². The van der Waals surface area contributed by atoms with Crippen LogP contribution >= 0.6 is 15.9 Å². The van der Waals surface area contributed by atoms with E-state index in [1.807, 2.05) is 12.1 Å². The number of carbonyl (C=O) groups is 1. The van der Waals surface area contributed by atoms with E-state index in [1.165, 1.54) is 10.4 Å². The summed E-state index contributed by atoms with van der Waals surface area (Å²) >= 11 is 3.35. The van der Waals surface area contributed by atoms with Gasteiger partial charge in [0.2, 0.25) is 10.0 Å². The normalized spacial score (nSPS) is 16.4. The molecule has 0 aromatic heterocycles. The van der Waals surface area contributed by atoms with Crippen LogP contribution in [0.5, 0.6) is 0 Å². The van der Waals surface area contributed by atoms with Gasteiger partial charge >= 0.3 is 0 Å². The highest BCUT2D eigenvalue weighted by atomic mass is 79.9. The number of carbonyl (C=O) groups excluding carboxylic acids is 1. The van der Waals surface area contributed by atoms with Gasteiger partial charge in [0.1, 0.15) is 0 Å². The van der Waals surface area contributed by atoms with Crippen molar-refractivity contribution >= 4 is 37.5 Å². The molecule has 3 rings (SSSR count). The monoisotopic (exact) mass is 436 g/mol. The van der Waals surface area contributed by atoms with Crippen LogP contribution in [0, 0.1) is 5.92 Å². The molecule has 0 bridgehead atoms. The number of hydrogen-bond donors (Lipinski definition) is 1. The van der Waals surface area contributed by atoms with Crippen LogP contribution < -0.4 is 5.32 Å². The second-order valence-corrected chi connectivity index (χ2v) is 9.43. The first-order valence-corrected chi connectivity index (χ1v) is 10.8. The summed E-state index contributed by atoms with van der Waals surface area (Å²) in [7, 11) is -3.57. The molecular weight excluding hydrogens is 416 g/mol. The summed E-state index contributed by atoms with van der Waals surface area (Å²) in [6.07, 6.45) is 1.73. The van der Waals surface area contributed by atoms with E-state index in [1.54, 1.807) is 30.3 Å². The Labute approximate surface area is 162 Å². The van der Waals surface area contributed by atoms with Crippen molar-refractivity contribution in [3.8, 4) is 0 Å². The van der Waals surface area contributed by atoms with Crippen molar-refractivity contribution in [3.05, 3.63) is 58.6 Å². The molecule has 138 valence electrons. The van der Waals surface area contributed by atoms with Crippen molar-refractivity contribution in [1.29, 1.82) is 0 Å². The molecule has 1 aliphatic heterocycles. The molecule has 2 aromatic carbocycles. The van der Waals surface area contributed by atoms with Crippen LogP contribution in [0.3, 0.4) is 0 Å². The highest BCUT2D eigenvalue weighted by molar-refractivity contribution is 9.10. The van der Waals surface area contributed by atoms with Crippen molar-refractivity contribution in [2.45, 2.75) is 24.7 Å². The Hall–Kier alpha value is -1.70. The van der Waals surface area contributed by atoms with Gasteiger partial charge in [-0.3, -0.25) is 4.79 Å². The third-order valence-corrected chi connectivity index (χ3v) is 7.00. The summed E-state index contributed by atoms with van der Waals surface area (Å²) in [5.41, 5.74) is 0.968. The van der Waals surface area contributed by atoms with Gasteiger partial charge in [0, 0.05) is 28.8 Å². The molecule has 1 heterocycles. The molecular formula is C19H21BrN2O3S. The zero-order valence-electron chi connectivity index (χ0n) is 14.5. The molecule has 26 heavy (non-hydrogen) atoms. The van der Waals surface area contributed by atoms with E-state index in [-0.39, 0.29) is 10.8 Å². The number of benzene rings is 2. The zero-order chi connectivity index (χ0) is 18.7. The Morgan fingerprint density at radius 3 is 2.42 bits per heavy atom. The molecule has 1 fully saturated rings. The Balaban J connectivity index is 1.79. The standard InChI is InChI=1S/C19H21BrN2O3S/c1-14-9-11-22(12-10-14)26(24,25)18-4-2-3-15(13-18)19(23)21-17-7-5-16(20)6-8-17/h2-8,13-14H,9-12H2,1H3,(H,21,23). The van der Waals surface area contributed by atoms with Gasteiger partial charge in [-0.15, -0.1) is 0 Å². The van der Waals surface area contributed by atoms with E-state index in [0.29, 0.717) is 30.3 Å². The number of rotatable bonds is 4. The molecule has 1 amide bonds. The molecule has 1 N–H and O–H groups in total. The molecule has 2 aromatic rings. The number of halogens is 1. The molecule has 7 heteroatoms. The number of anilines is 1. The van der Waals surface area contributed by atoms with Gasteiger partial charge in [0.15, 0.2) is 0 Å². The molecule has 0 unspecified atom stereocenters. The highest BCUT2D eigenvalue weighted by Gasteiger charge is 2.28. The summed E-state index contributed by atoms with van der Waals surface area (Å²) in [5, 5.41) is 2.78. The van der Waals surface area contributed by atoms with Crippen molar-refractivity contribution in [3.63, 3.8) is 0 Å². The molecule has 0 atom stereocenters. The molecule has 0 radical (unpaired) electrons. The summed E-state index contributed by atoms with van der Waals surface area (Å²) in [6.45, 7) is 3.19. The van der Waals surface area contributed by atoms with Crippen LogP contribution in [0.25, 0.3) is 0 Å². The second kappa shape index (κ2) is 7.90. The van der Waals surface area contributed by atoms with Crippen LogP contribution in [0.1, 0.15) is 30.1 Å². The maximum absolute atomic E-state index is 12.9. The number of sulfonamides is 1. The Morgan fingerprint density at radius 2 is 1.77 bits per heavy atom. The third-order valence-electron chi connectivity index (χ3n) is 4.58. The van der Waals surface area contributed by atoms with Gasteiger partial charge < -0.3 is 5.32 Å². The SMILES string of the molecule is CC1CCN(S(=O)(=O)c2cccc(C(=O)Nc3ccc(Br)cc3)c2)CC1. The second-order valence-electron chi connectivity index (χ2n) is 6.58. The van der Waals surface area contributed by atoms with E-state index < -0.39 is 10.0 Å². The molecule has 5 nitrogen and oxygen atoms in total. The highest BCUT2D eigenvalue weighted by Crippen LogP contribution is 2.24. The lowest BCUT2D eigenvalue weighted by molar-refractivity contribution is 0.102. The van der Waals surface area contributed by atoms with Gasteiger partial charge in [0.25, 0.3) is 5.91 Å². The molecule has 1 aliphatic rings. The largest absolute Gasteiger partial charge is 0.322 e. The number of nitrogens with zero attached hydrogens (tertiary/aromatic N) is 1. The molecule has 0 aliphatic carbocycles. The third kappa shape index (κ3) is 4.34. The van der Waals surface area contributed by atoms with Crippen LogP contribution in [-0.2, 0) is 10.0 Å². The number of nitrogens with one attached hydrogen (secondary N) is 1. The summed E-state index contributed by atoms with van der Waals surface area (Å²) in [5.74, 6) is 0.209. The Bertz CT molecular complexity index is 889. The molecule has 0 spiro atoms. The zero-order valence-corrected chi connectivity index (χ0v) is 16.9. The van der Waals surface area contributed by atoms with E-state index >= 15 is 0 Å². The maximum atomic E-state index is 12.9. The smallest absolute Gasteiger partial charge is 0.255 e. The summed E-state index contributed by atoms with van der Waals surface area (Å²) < 4.78 is 28.1. The van der Waals surface area contributed by atoms with Gasteiger partial charge in [-0.1, -0.05) is 28.9 Å². The number of amides is 1. The average Bonchev–Trinajstić information content (AvgIpc) is 2.64. The lowest BCUT2D eigenvalue weighted by Gasteiger charge is -2.29. The fraction of sp³-hybridized carbons (Fsp3) is 0.316. The van der Waals surface area contributed by atoms with Crippen molar-refractivity contribution < 1.29 is 13.2 Å². The fourth-order valence-corrected chi connectivity index (χ4v) is 4.69. The lowest BCUT2D eigenvalue weighted by Crippen LogP contribution is -2.37. The maximum Gasteiger partial charge on any atom is 0.255 e. The first kappa shape index (κ1) is 19.1. The van der Waals surface area contributed by atoms with Crippen molar-refractivity contribution in [2.75, 3.05) is 18.4 Å². The fourth-order valence-electron chi connectivity index (χ4n) is 2.91. The Kier molecular flexibility index (Phi) is 5.79. The van der Waals surface area contributed by atoms with Crippen molar-refractivity contribution in [1.82, 2.24) is 4.31 Å². The van der Waals surface area contributed by atoms with Gasteiger partial charge in [0.05, 0.1) is 4.90 Å². The van der Waals surface area contributed by atoms with Gasteiger partial charge in [-0.05, 0) is 61.2 Å². The minimum atomic E-state index is -3.57. The van der Waals surface area contributed by atoms with E-state index in [9.17, 15) is 13.2 Å². The molecule has 1 saturated heterocycles. The van der Waals surface area contributed by atoms with Crippen molar-refractivity contribution in [2.24, 2.45) is 5.92 Å². The van der Waals surface area contributed by atoms with Crippen LogP contribution in [-0.4, -0.2) is 31.7 Å². The first-order valence-electron chi connectivity index (χ1n) is 8.53. The average molecular weight is 437 g/mol. The number of hydrogen-bond acceptors (Lipinski definition) is 3. The quantitative estimate of drug-likeness (QED) is 0.783. The lowest BCUT2D eigenvalue weighted by atomic mass is 10.0. The van der Waals surface area contributed by atoms with E-state index in [4.69, 9.17) is 0 Å². The Morgan fingerprint density at radius 1 is 1.12 bits per heavy atom. The predicted molar refractivity (Wildman–Crippen MR) is 106 cm³/mol. The van der Waals surface area contributed by atoms with Gasteiger partial charge in [-0.2, -0.15) is 4.31 Å². The predicted octanol–water partition coefficient (Wildman–Crippen LogP) is 4.12. The first-order chi connectivity index (χ1) is 12.4. The summed E-state index contributed by atoms with van der Waals surface area (Å²) in [6, 6.07) is 13.4. The van der Waals surface area contributed by atoms with Crippen LogP contribution in [0.4, 0.5) is 5.69 Å². The topological polar surface area (TPSA) is 66.5 Å². The van der Waals surface area contributed by atoms with Crippen LogP contribution in [0.15, 0.2) is 57.9 Å². The van der Waals surface area contributed by atoms with Crippen LogP contribution in [0.2, 0.25) is 0 Å². The molecule has 0 saturated carbocycles. The number of piperidine rings is 1. The minimum absolute atomic E-state index is 0.163. The minimum Gasteiger partial charge on any atom is -0.322 e. The van der Waals surface area contributed by atoms with E-state index in [0.717, 1.165) is 17.3 Å². The summed E-state index contributed by atoms with van der Waals surface area (Å²) in [4.78, 5) is 12.6.